The molecule has 0 fully saturated rings. The molecule has 0 saturated heterocycles. The quantitative estimate of drug-likeness (QED) is 0.0343. The zero-order chi connectivity index (χ0) is 40.4. The zero-order valence-electron chi connectivity index (χ0n) is 29.0. The molecule has 0 unspecified atom stereocenters. The van der Waals surface area contributed by atoms with E-state index in [1.807, 2.05) is 6.92 Å². The SMILES string of the molecule is Cc1ccc(S(=O)(=O)Oc2ccc(N=Nc3ccc(N=Nc4ccc(Nc5ccc([N+](=O)[O-])cc5S(=O)(=O)O)cc4)c4cc(S(=O)(=O)O)ccc34)c(C)c2)cc1. The Morgan fingerprint density at radius 2 is 1.23 bits per heavy atom. The number of hydrogen-bond donors (Lipinski definition) is 3. The summed E-state index contributed by atoms with van der Waals surface area (Å²) in [6.07, 6.45) is 0. The van der Waals surface area contributed by atoms with Crippen LogP contribution in [-0.2, 0) is 30.4 Å². The summed E-state index contributed by atoms with van der Waals surface area (Å²) in [6.45, 7) is 3.52. The van der Waals surface area contributed by atoms with E-state index < -0.39 is 50.8 Å². The molecule has 0 aliphatic carbocycles. The van der Waals surface area contributed by atoms with Crippen molar-refractivity contribution in [1.29, 1.82) is 0 Å². The third-order valence-electron chi connectivity index (χ3n) is 8.06. The number of nitro groups is 1. The Morgan fingerprint density at radius 1 is 0.625 bits per heavy atom. The minimum atomic E-state index is -4.82. The molecule has 6 aromatic carbocycles. The number of azo groups is 2. The zero-order valence-corrected chi connectivity index (χ0v) is 31.4. The Balaban J connectivity index is 1.25. The molecule has 0 spiro atoms. The van der Waals surface area contributed by atoms with E-state index in [1.165, 1.54) is 78.9 Å². The highest BCUT2D eigenvalue weighted by atomic mass is 32.2. The van der Waals surface area contributed by atoms with Crippen LogP contribution >= 0.6 is 0 Å². The average molecular weight is 817 g/mol. The molecule has 0 aliphatic rings. The first kappa shape index (κ1) is 39.2. The van der Waals surface area contributed by atoms with E-state index in [2.05, 4.69) is 25.8 Å². The van der Waals surface area contributed by atoms with Gasteiger partial charge in [-0.15, -0.1) is 10.2 Å². The van der Waals surface area contributed by atoms with Crippen molar-refractivity contribution < 1.29 is 43.5 Å². The number of rotatable bonds is 12. The Hall–Kier alpha value is -6.45. The minimum Gasteiger partial charge on any atom is -0.379 e. The fourth-order valence-corrected chi connectivity index (χ4v) is 7.33. The lowest BCUT2D eigenvalue weighted by molar-refractivity contribution is -0.385. The van der Waals surface area contributed by atoms with Gasteiger partial charge >= 0.3 is 10.1 Å². The second-order valence-corrected chi connectivity index (χ2v) is 16.4. The second-order valence-electron chi connectivity index (χ2n) is 12.1. The second kappa shape index (κ2) is 15.4. The van der Waals surface area contributed by atoms with Gasteiger partial charge in [-0.1, -0.05) is 23.8 Å². The Morgan fingerprint density at radius 3 is 1.86 bits per heavy atom. The average Bonchev–Trinajstić information content (AvgIpc) is 3.13. The highest BCUT2D eigenvalue weighted by Gasteiger charge is 2.21. The van der Waals surface area contributed by atoms with Crippen molar-refractivity contribution in [3.63, 3.8) is 0 Å². The standard InChI is InChI=1S/C36H28N6O11S3/c1-22-3-11-28(12-4-22)56(51,52)53-27-10-16-32(23(2)19-27)39-41-33-17-18-34(31-21-29(54(45,46)47)13-14-30(31)33)40-38-25-7-5-24(6-8-25)37-35-15-9-26(42(43)44)20-36(35)55(48,49)50/h3-21,37H,1-2H3,(H,45,46,47)(H,48,49,50). The summed E-state index contributed by atoms with van der Waals surface area (Å²) in [4.78, 5) is 9.20. The summed E-state index contributed by atoms with van der Waals surface area (Å²) >= 11 is 0. The molecular weight excluding hydrogens is 789 g/mol. The summed E-state index contributed by atoms with van der Waals surface area (Å²) in [7, 11) is -13.5. The fourth-order valence-electron chi connectivity index (χ4n) is 5.23. The van der Waals surface area contributed by atoms with Crippen LogP contribution in [0.15, 0.2) is 150 Å². The highest BCUT2D eigenvalue weighted by molar-refractivity contribution is 7.87. The van der Waals surface area contributed by atoms with Crippen LogP contribution in [0.1, 0.15) is 11.1 Å². The van der Waals surface area contributed by atoms with Gasteiger partial charge in [-0.25, -0.2) is 0 Å². The summed E-state index contributed by atoms with van der Waals surface area (Å²) in [5, 5.41) is 31.7. The smallest absolute Gasteiger partial charge is 0.339 e. The molecule has 0 saturated carbocycles. The van der Waals surface area contributed by atoms with Gasteiger partial charge in [-0.2, -0.15) is 35.5 Å². The Kier molecular flexibility index (Phi) is 10.8. The van der Waals surface area contributed by atoms with Crippen LogP contribution in [0, 0.1) is 24.0 Å². The number of non-ortho nitro benzene ring substituents is 1. The maximum absolute atomic E-state index is 12.7. The number of nitrogens with one attached hydrogen (secondary N) is 1. The van der Waals surface area contributed by atoms with Gasteiger partial charge in [0.25, 0.3) is 25.9 Å². The summed E-state index contributed by atoms with van der Waals surface area (Å²) < 4.78 is 98.0. The van der Waals surface area contributed by atoms with Gasteiger partial charge in [-0.3, -0.25) is 19.2 Å². The van der Waals surface area contributed by atoms with E-state index in [-0.39, 0.29) is 27.4 Å². The van der Waals surface area contributed by atoms with Crippen LogP contribution in [0.3, 0.4) is 0 Å². The van der Waals surface area contributed by atoms with Crippen molar-refractivity contribution in [2.45, 2.75) is 28.5 Å². The van der Waals surface area contributed by atoms with Crippen LogP contribution in [0.2, 0.25) is 0 Å². The lowest BCUT2D eigenvalue weighted by atomic mass is 10.1. The van der Waals surface area contributed by atoms with Gasteiger partial charge in [0.05, 0.1) is 38.3 Å². The number of nitrogens with zero attached hydrogens (tertiary/aromatic N) is 5. The summed E-state index contributed by atoms with van der Waals surface area (Å²) in [5.41, 5.74) is 2.32. The van der Waals surface area contributed by atoms with Gasteiger partial charge < -0.3 is 9.50 Å². The number of aryl methyl sites for hydroxylation is 2. The lowest BCUT2D eigenvalue weighted by Gasteiger charge is -2.10. The van der Waals surface area contributed by atoms with E-state index in [1.54, 1.807) is 25.1 Å². The van der Waals surface area contributed by atoms with Crippen molar-refractivity contribution in [2.24, 2.45) is 20.5 Å². The molecule has 6 aromatic rings. The van der Waals surface area contributed by atoms with Gasteiger partial charge in [0.2, 0.25) is 0 Å². The highest BCUT2D eigenvalue weighted by Crippen LogP contribution is 2.38. The van der Waals surface area contributed by atoms with Crippen molar-refractivity contribution in [3.8, 4) is 5.75 Å². The minimum absolute atomic E-state index is 0.00253. The predicted molar refractivity (Wildman–Crippen MR) is 205 cm³/mol. The number of nitro benzene ring substituents is 1. The molecule has 20 heteroatoms. The van der Waals surface area contributed by atoms with E-state index in [4.69, 9.17) is 4.18 Å². The lowest BCUT2D eigenvalue weighted by Crippen LogP contribution is -2.09. The largest absolute Gasteiger partial charge is 0.379 e. The molecule has 0 aromatic heterocycles. The van der Waals surface area contributed by atoms with Crippen LogP contribution in [0.4, 0.5) is 39.8 Å². The van der Waals surface area contributed by atoms with Gasteiger partial charge in [0, 0.05) is 28.6 Å². The van der Waals surface area contributed by atoms with Crippen molar-refractivity contribution in [3.05, 3.63) is 137 Å². The number of fused-ring (bicyclic) bond motifs is 1. The molecule has 0 heterocycles. The molecule has 3 N–H and O–H groups in total. The fraction of sp³-hybridized carbons (Fsp3) is 0.0556. The third kappa shape index (κ3) is 9.08. The normalized spacial score (nSPS) is 12.4. The predicted octanol–water partition coefficient (Wildman–Crippen LogP) is 9.20. The molecular formula is C36H28N6O11S3. The molecule has 17 nitrogen and oxygen atoms in total. The monoisotopic (exact) mass is 816 g/mol. The van der Waals surface area contributed by atoms with Crippen molar-refractivity contribution in [1.82, 2.24) is 0 Å². The van der Waals surface area contributed by atoms with Gasteiger partial charge in [0.1, 0.15) is 15.5 Å². The topological polar surface area (TPSA) is 257 Å². The van der Waals surface area contributed by atoms with E-state index in [9.17, 15) is 44.5 Å². The number of anilines is 2. The maximum atomic E-state index is 12.7. The first-order valence-corrected chi connectivity index (χ1v) is 20.3. The van der Waals surface area contributed by atoms with Gasteiger partial charge in [-0.05, 0) is 104 Å². The van der Waals surface area contributed by atoms with E-state index in [0.29, 0.717) is 33.7 Å². The summed E-state index contributed by atoms with van der Waals surface area (Å²) in [6, 6.07) is 26.5. The Labute approximate surface area is 319 Å². The van der Waals surface area contributed by atoms with Crippen molar-refractivity contribution >= 4 is 80.9 Å². The van der Waals surface area contributed by atoms with Gasteiger partial charge in [0.15, 0.2) is 0 Å². The van der Waals surface area contributed by atoms with Crippen LogP contribution in [-0.4, -0.2) is 39.3 Å². The van der Waals surface area contributed by atoms with Crippen LogP contribution < -0.4 is 9.50 Å². The molecule has 286 valence electrons. The molecule has 0 bridgehead atoms. The Bertz CT molecular complexity index is 2920. The molecule has 0 radical (unpaired) electrons. The van der Waals surface area contributed by atoms with E-state index in [0.717, 1.165) is 23.8 Å². The number of hydrogen-bond acceptors (Lipinski definition) is 14. The molecule has 0 aliphatic heterocycles. The molecule has 56 heavy (non-hydrogen) atoms. The maximum Gasteiger partial charge on any atom is 0.339 e. The first-order chi connectivity index (χ1) is 26.4. The summed E-state index contributed by atoms with van der Waals surface area (Å²) in [5.74, 6) is 0.0709. The first-order valence-electron chi connectivity index (χ1n) is 16.0. The molecule has 0 amide bonds. The third-order valence-corrected chi connectivity index (χ3v) is 11.1. The van der Waals surface area contributed by atoms with Crippen LogP contribution in [0.5, 0.6) is 5.75 Å². The number of benzene rings is 6. The van der Waals surface area contributed by atoms with Crippen molar-refractivity contribution in [2.75, 3.05) is 5.32 Å². The van der Waals surface area contributed by atoms with Crippen LogP contribution in [0.25, 0.3) is 10.8 Å². The molecule has 6 rings (SSSR count). The van der Waals surface area contributed by atoms with E-state index >= 15 is 0 Å². The molecule has 0 atom stereocenters.